The fraction of sp³-hybridized carbons (Fsp3) is 0.353. The number of nitrogens with one attached hydrogen (secondary N) is 1. The first-order valence-electron chi connectivity index (χ1n) is 14.3. The number of anilines is 1. The van der Waals surface area contributed by atoms with Gasteiger partial charge in [0.2, 0.25) is 11.8 Å². The van der Waals surface area contributed by atoms with Crippen LogP contribution < -0.4 is 5.32 Å². The fourth-order valence-electron chi connectivity index (χ4n) is 7.18. The number of hydrogen-bond donors (Lipinski definition) is 1. The lowest BCUT2D eigenvalue weighted by Gasteiger charge is -2.45. The van der Waals surface area contributed by atoms with E-state index < -0.39 is 36.4 Å². The van der Waals surface area contributed by atoms with E-state index in [0.29, 0.717) is 5.69 Å². The summed E-state index contributed by atoms with van der Waals surface area (Å²) in [4.78, 5) is 55.7. The van der Waals surface area contributed by atoms with Gasteiger partial charge in [-0.05, 0) is 59.6 Å². The van der Waals surface area contributed by atoms with Crippen molar-refractivity contribution >= 4 is 29.4 Å². The summed E-state index contributed by atoms with van der Waals surface area (Å²) < 4.78 is 5.48. The molecular formula is C34H34N2O5. The molecule has 41 heavy (non-hydrogen) atoms. The summed E-state index contributed by atoms with van der Waals surface area (Å²) in [5.41, 5.74) is 6.77. The monoisotopic (exact) mass is 550 g/mol. The maximum Gasteiger partial charge on any atom is 0.329 e. The van der Waals surface area contributed by atoms with Crippen LogP contribution in [0.25, 0.3) is 0 Å². The van der Waals surface area contributed by atoms with E-state index in [0.717, 1.165) is 33.4 Å². The summed E-state index contributed by atoms with van der Waals surface area (Å²) in [6, 6.07) is 20.7. The van der Waals surface area contributed by atoms with Gasteiger partial charge in [-0.3, -0.25) is 19.3 Å². The van der Waals surface area contributed by atoms with Crippen molar-refractivity contribution in [3.05, 3.63) is 100 Å². The van der Waals surface area contributed by atoms with Gasteiger partial charge in [0.25, 0.3) is 5.91 Å². The molecule has 3 amide bonds. The number of aryl methyl sites for hydroxylation is 2. The summed E-state index contributed by atoms with van der Waals surface area (Å²) in [5.74, 6) is -3.53. The number of nitrogens with zero attached hydrogens (tertiary/aromatic N) is 1. The van der Waals surface area contributed by atoms with Crippen LogP contribution in [-0.4, -0.2) is 41.2 Å². The Morgan fingerprint density at radius 2 is 1.24 bits per heavy atom. The van der Waals surface area contributed by atoms with Crippen molar-refractivity contribution in [2.75, 3.05) is 11.9 Å². The van der Waals surface area contributed by atoms with Gasteiger partial charge in [-0.2, -0.15) is 0 Å². The molecule has 0 spiro atoms. The van der Waals surface area contributed by atoms with Crippen molar-refractivity contribution in [2.24, 2.45) is 17.8 Å². The van der Waals surface area contributed by atoms with Gasteiger partial charge in [0.15, 0.2) is 6.61 Å². The number of carbonyl (C=O) groups is 4. The smallest absolute Gasteiger partial charge is 0.329 e. The molecule has 1 saturated heterocycles. The zero-order chi connectivity index (χ0) is 29.0. The van der Waals surface area contributed by atoms with Crippen LogP contribution in [0, 0.1) is 31.6 Å². The van der Waals surface area contributed by atoms with Crippen LogP contribution in [0.15, 0.2) is 66.7 Å². The van der Waals surface area contributed by atoms with Crippen LogP contribution in [0.2, 0.25) is 0 Å². The number of benzene rings is 3. The van der Waals surface area contributed by atoms with E-state index in [1.807, 2.05) is 94.4 Å². The zero-order valence-corrected chi connectivity index (χ0v) is 23.7. The largest absolute Gasteiger partial charge is 0.454 e. The lowest BCUT2D eigenvalue weighted by Crippen LogP contribution is -2.47. The van der Waals surface area contributed by atoms with E-state index in [-0.39, 0.29) is 36.0 Å². The van der Waals surface area contributed by atoms with Gasteiger partial charge in [-0.25, -0.2) is 4.79 Å². The van der Waals surface area contributed by atoms with Gasteiger partial charge in [0.05, 0.1) is 11.8 Å². The Morgan fingerprint density at radius 3 is 1.68 bits per heavy atom. The summed E-state index contributed by atoms with van der Waals surface area (Å²) >= 11 is 0. The number of ether oxygens (including phenoxy) is 1. The SMILES string of the molecule is Cc1cccc(C)c1NC(=O)COC(=O)[C@H](CC(C)C)N1C(=O)[C@@H]2C3c4ccccc4C(c4ccccc43)[C@@H]2C1=O. The molecule has 7 rings (SSSR count). The molecule has 0 unspecified atom stereocenters. The molecule has 1 fully saturated rings. The van der Waals surface area contributed by atoms with Crippen LogP contribution in [0.3, 0.4) is 0 Å². The quantitative estimate of drug-likeness (QED) is 0.327. The zero-order valence-electron chi connectivity index (χ0n) is 23.7. The molecule has 0 radical (unpaired) electrons. The Kier molecular flexibility index (Phi) is 6.76. The van der Waals surface area contributed by atoms with E-state index in [1.165, 1.54) is 4.90 Å². The predicted molar refractivity (Wildman–Crippen MR) is 154 cm³/mol. The van der Waals surface area contributed by atoms with Gasteiger partial charge in [0, 0.05) is 17.5 Å². The number of rotatable bonds is 7. The van der Waals surface area contributed by atoms with Crippen molar-refractivity contribution in [3.63, 3.8) is 0 Å². The van der Waals surface area contributed by atoms with Crippen molar-refractivity contribution in [2.45, 2.75) is 52.0 Å². The van der Waals surface area contributed by atoms with Gasteiger partial charge in [-0.1, -0.05) is 80.6 Å². The Hall–Kier alpha value is -4.26. The van der Waals surface area contributed by atoms with Crippen molar-refractivity contribution in [3.8, 4) is 0 Å². The van der Waals surface area contributed by atoms with Crippen molar-refractivity contribution < 1.29 is 23.9 Å². The van der Waals surface area contributed by atoms with E-state index in [9.17, 15) is 19.2 Å². The Morgan fingerprint density at radius 1 is 0.780 bits per heavy atom. The number of esters is 1. The van der Waals surface area contributed by atoms with E-state index in [4.69, 9.17) is 4.74 Å². The third-order valence-corrected chi connectivity index (χ3v) is 8.85. The summed E-state index contributed by atoms with van der Waals surface area (Å²) in [7, 11) is 0. The van der Waals surface area contributed by atoms with Crippen LogP contribution in [0.4, 0.5) is 5.69 Å². The normalized spacial score (nSPS) is 22.7. The lowest BCUT2D eigenvalue weighted by molar-refractivity contribution is -0.160. The number of para-hydroxylation sites is 1. The minimum atomic E-state index is -1.10. The first kappa shape index (κ1) is 26.9. The number of carbonyl (C=O) groups excluding carboxylic acids is 4. The molecule has 3 aliphatic carbocycles. The number of likely N-dealkylation sites (tertiary alicyclic amines) is 1. The molecule has 3 aromatic carbocycles. The van der Waals surface area contributed by atoms with E-state index in [2.05, 4.69) is 5.32 Å². The highest BCUT2D eigenvalue weighted by molar-refractivity contribution is 6.10. The molecule has 210 valence electrons. The minimum absolute atomic E-state index is 0.00494. The maximum absolute atomic E-state index is 14.2. The lowest BCUT2D eigenvalue weighted by atomic mass is 9.55. The third-order valence-electron chi connectivity index (χ3n) is 8.85. The number of amides is 3. The Labute approximate surface area is 239 Å². The Balaban J connectivity index is 1.27. The average Bonchev–Trinajstić information content (AvgIpc) is 3.22. The molecule has 1 N–H and O–H groups in total. The highest BCUT2D eigenvalue weighted by Crippen LogP contribution is 2.61. The average molecular weight is 551 g/mol. The Bertz CT molecular complexity index is 1440. The molecule has 1 aliphatic heterocycles. The highest BCUT2D eigenvalue weighted by Gasteiger charge is 2.63. The molecule has 0 saturated carbocycles. The van der Waals surface area contributed by atoms with Crippen molar-refractivity contribution in [1.29, 1.82) is 0 Å². The fourth-order valence-corrected chi connectivity index (χ4v) is 7.18. The third kappa shape index (κ3) is 4.35. The van der Waals surface area contributed by atoms with Gasteiger partial charge < -0.3 is 10.1 Å². The second-order valence-corrected chi connectivity index (χ2v) is 11.9. The molecule has 7 heteroatoms. The number of imide groups is 1. The first-order chi connectivity index (χ1) is 19.7. The van der Waals surface area contributed by atoms with Gasteiger partial charge in [0.1, 0.15) is 6.04 Å². The van der Waals surface area contributed by atoms with Crippen molar-refractivity contribution in [1.82, 2.24) is 4.90 Å². The van der Waals surface area contributed by atoms with E-state index in [1.54, 1.807) is 0 Å². The van der Waals surface area contributed by atoms with Crippen LogP contribution in [0.1, 0.15) is 65.5 Å². The summed E-state index contributed by atoms with van der Waals surface area (Å²) in [6.45, 7) is 7.14. The molecule has 3 atom stereocenters. The predicted octanol–water partition coefficient (Wildman–Crippen LogP) is 5.09. The molecule has 3 aromatic rings. The standard InChI is InChI=1S/C34H34N2O5/c1-18(2)16-25(34(40)41-17-26(37)35-31-19(3)10-9-11-20(31)4)36-32(38)29-27-21-12-5-6-13-22(21)28(30(29)33(36)39)24-15-8-7-14-23(24)27/h5-15,18,25,27-30H,16-17H2,1-4H3,(H,35,37)/t25-,27?,28?,29-,30+/m0/s1. The second kappa shape index (κ2) is 10.3. The highest BCUT2D eigenvalue weighted by atomic mass is 16.5. The molecular weight excluding hydrogens is 516 g/mol. The molecule has 4 aliphatic rings. The summed E-state index contributed by atoms with van der Waals surface area (Å²) in [6.07, 6.45) is 0.253. The van der Waals surface area contributed by atoms with Crippen LogP contribution in [0.5, 0.6) is 0 Å². The molecule has 2 bridgehead atoms. The number of hydrogen-bond acceptors (Lipinski definition) is 5. The minimum Gasteiger partial charge on any atom is -0.454 e. The van der Waals surface area contributed by atoms with Gasteiger partial charge in [-0.15, -0.1) is 0 Å². The van der Waals surface area contributed by atoms with Crippen LogP contribution >= 0.6 is 0 Å². The molecule has 7 nitrogen and oxygen atoms in total. The topological polar surface area (TPSA) is 92.8 Å². The second-order valence-electron chi connectivity index (χ2n) is 11.9. The molecule has 1 heterocycles. The molecule has 0 aromatic heterocycles. The van der Waals surface area contributed by atoms with Gasteiger partial charge >= 0.3 is 5.97 Å². The first-order valence-corrected chi connectivity index (χ1v) is 14.3. The summed E-state index contributed by atoms with van der Waals surface area (Å²) in [5, 5.41) is 2.82. The maximum atomic E-state index is 14.2. The van der Waals surface area contributed by atoms with E-state index >= 15 is 0 Å². The van der Waals surface area contributed by atoms with Crippen LogP contribution in [-0.2, 0) is 23.9 Å².